The Morgan fingerprint density at radius 1 is 0.929 bits per heavy atom. The predicted molar refractivity (Wildman–Crippen MR) is 107 cm³/mol. The van der Waals surface area contributed by atoms with Crippen LogP contribution in [0.15, 0.2) is 36.5 Å². The molecule has 0 aliphatic carbocycles. The summed E-state index contributed by atoms with van der Waals surface area (Å²) in [6, 6.07) is 9.02. The van der Waals surface area contributed by atoms with Crippen molar-refractivity contribution in [1.29, 1.82) is 0 Å². The Morgan fingerprint density at radius 2 is 1.43 bits per heavy atom. The van der Waals surface area contributed by atoms with Gasteiger partial charge in [0.1, 0.15) is 16.9 Å². The highest BCUT2D eigenvalue weighted by molar-refractivity contribution is 6.28. The molecule has 28 heavy (non-hydrogen) atoms. The Bertz CT molecular complexity index is 830. The molecule has 0 bridgehead atoms. The maximum absolute atomic E-state index is 12.9. The number of halogens is 1. The van der Waals surface area contributed by atoms with E-state index in [0.29, 0.717) is 11.3 Å². The minimum absolute atomic E-state index is 0.0177. The fourth-order valence-electron chi connectivity index (χ4n) is 2.21. The van der Waals surface area contributed by atoms with Crippen molar-refractivity contribution in [3.63, 3.8) is 0 Å². The number of nitrogens with zero attached hydrogens (tertiary/aromatic N) is 3. The molecule has 1 heterocycles. The summed E-state index contributed by atoms with van der Waals surface area (Å²) in [6.07, 6.45) is -0.499. The molecule has 7 nitrogen and oxygen atoms in total. The molecule has 0 unspecified atom stereocenters. The fourth-order valence-corrected chi connectivity index (χ4v) is 2.35. The van der Waals surface area contributed by atoms with Gasteiger partial charge in [0.25, 0.3) is 0 Å². The van der Waals surface area contributed by atoms with Crippen LogP contribution in [0.4, 0.5) is 15.3 Å². The third-order valence-corrected chi connectivity index (χ3v) is 3.36. The predicted octanol–water partition coefficient (Wildman–Crippen LogP) is 5.47. The quantitative estimate of drug-likeness (QED) is 0.616. The first-order valence-corrected chi connectivity index (χ1v) is 9.09. The van der Waals surface area contributed by atoms with Crippen molar-refractivity contribution < 1.29 is 19.1 Å². The normalized spacial score (nSPS) is 11.7. The number of aromatic nitrogens is 2. The van der Waals surface area contributed by atoms with E-state index >= 15 is 0 Å². The SMILES string of the molecule is CC(C)(C)OC(=O)N(C(=O)OC(C)(C)C)c1cnc(Cl)nc1-c1ccccc1. The van der Waals surface area contributed by atoms with Crippen LogP contribution < -0.4 is 4.90 Å². The van der Waals surface area contributed by atoms with E-state index in [1.807, 2.05) is 6.07 Å². The van der Waals surface area contributed by atoms with Gasteiger partial charge in [-0.3, -0.25) is 0 Å². The van der Waals surface area contributed by atoms with Crippen molar-refractivity contribution in [2.45, 2.75) is 52.7 Å². The van der Waals surface area contributed by atoms with Crippen LogP contribution in [0.25, 0.3) is 11.3 Å². The summed E-state index contributed by atoms with van der Waals surface area (Å²) in [5.74, 6) is 0. The molecule has 1 aromatic heterocycles. The number of carbonyl (C=O) groups is 2. The Labute approximate surface area is 169 Å². The first kappa shape index (κ1) is 21.6. The molecule has 0 atom stereocenters. The van der Waals surface area contributed by atoms with E-state index in [0.717, 1.165) is 4.90 Å². The van der Waals surface area contributed by atoms with Crippen molar-refractivity contribution in [1.82, 2.24) is 9.97 Å². The number of ether oxygens (including phenoxy) is 2. The zero-order valence-corrected chi connectivity index (χ0v) is 17.6. The molecule has 0 radical (unpaired) electrons. The highest BCUT2D eigenvalue weighted by Gasteiger charge is 2.35. The molecule has 0 aliphatic rings. The molecule has 0 spiro atoms. The Balaban J connectivity index is 2.60. The lowest BCUT2D eigenvalue weighted by Gasteiger charge is -2.29. The molecule has 8 heteroatoms. The minimum Gasteiger partial charge on any atom is -0.443 e. The van der Waals surface area contributed by atoms with Gasteiger partial charge in [-0.25, -0.2) is 19.6 Å². The molecule has 1 aromatic carbocycles. The summed E-state index contributed by atoms with van der Waals surface area (Å²) in [5.41, 5.74) is -0.579. The Morgan fingerprint density at radius 3 is 1.89 bits per heavy atom. The zero-order valence-electron chi connectivity index (χ0n) is 16.8. The monoisotopic (exact) mass is 405 g/mol. The molecule has 150 valence electrons. The number of anilines is 1. The molecular formula is C20H24ClN3O4. The van der Waals surface area contributed by atoms with Gasteiger partial charge >= 0.3 is 12.2 Å². The number of hydrogen-bond donors (Lipinski definition) is 0. The summed E-state index contributed by atoms with van der Waals surface area (Å²) < 4.78 is 10.8. The largest absolute Gasteiger partial charge is 0.443 e. The minimum atomic E-state index is -0.898. The van der Waals surface area contributed by atoms with E-state index in [9.17, 15) is 9.59 Å². The number of rotatable bonds is 2. The van der Waals surface area contributed by atoms with E-state index in [4.69, 9.17) is 21.1 Å². The summed E-state index contributed by atoms with van der Waals surface area (Å²) >= 11 is 5.97. The standard InChI is InChI=1S/C20H24ClN3O4/c1-19(2,3)27-17(25)24(18(26)28-20(4,5)6)14-12-22-16(21)23-15(14)13-10-8-7-9-11-13/h7-12H,1-6H3. The van der Waals surface area contributed by atoms with Crippen molar-refractivity contribution in [2.24, 2.45) is 0 Å². The second-order valence-corrected chi connectivity index (χ2v) is 8.37. The first-order chi connectivity index (χ1) is 12.9. The average Bonchev–Trinajstić information content (AvgIpc) is 2.54. The van der Waals surface area contributed by atoms with Crippen LogP contribution in [-0.2, 0) is 9.47 Å². The van der Waals surface area contributed by atoms with E-state index < -0.39 is 23.4 Å². The van der Waals surface area contributed by atoms with E-state index in [1.165, 1.54) is 6.20 Å². The molecule has 0 aliphatic heterocycles. The average molecular weight is 406 g/mol. The van der Waals surface area contributed by atoms with Crippen LogP contribution in [0, 0.1) is 0 Å². The maximum atomic E-state index is 12.9. The Hall–Kier alpha value is -2.67. The molecule has 2 amide bonds. The first-order valence-electron chi connectivity index (χ1n) is 8.71. The summed E-state index contributed by atoms with van der Waals surface area (Å²) in [7, 11) is 0. The Kier molecular flexibility index (Phi) is 6.29. The van der Waals surface area contributed by atoms with Gasteiger partial charge in [0.15, 0.2) is 0 Å². The van der Waals surface area contributed by atoms with Gasteiger partial charge < -0.3 is 9.47 Å². The lowest BCUT2D eigenvalue weighted by Crippen LogP contribution is -2.44. The molecule has 0 N–H and O–H groups in total. The zero-order chi connectivity index (χ0) is 21.1. The fraction of sp³-hybridized carbons (Fsp3) is 0.400. The number of imide groups is 1. The number of hydrogen-bond acceptors (Lipinski definition) is 6. The molecular weight excluding hydrogens is 382 g/mol. The van der Waals surface area contributed by atoms with Crippen molar-refractivity contribution in [3.8, 4) is 11.3 Å². The molecule has 0 saturated carbocycles. The summed E-state index contributed by atoms with van der Waals surface area (Å²) in [4.78, 5) is 34.7. The van der Waals surface area contributed by atoms with Crippen molar-refractivity contribution in [3.05, 3.63) is 41.8 Å². The van der Waals surface area contributed by atoms with Gasteiger partial charge in [0, 0.05) is 5.56 Å². The number of carbonyl (C=O) groups excluding carboxylic acids is 2. The van der Waals surface area contributed by atoms with Gasteiger partial charge in [-0.2, -0.15) is 4.90 Å². The molecule has 0 fully saturated rings. The summed E-state index contributed by atoms with van der Waals surface area (Å²) in [5, 5.41) is -0.0177. The van der Waals surface area contributed by atoms with Gasteiger partial charge in [0.05, 0.1) is 11.9 Å². The van der Waals surface area contributed by atoms with Crippen LogP contribution in [0.3, 0.4) is 0 Å². The van der Waals surface area contributed by atoms with Gasteiger partial charge in [-0.1, -0.05) is 30.3 Å². The highest BCUT2D eigenvalue weighted by Crippen LogP contribution is 2.31. The second kappa shape index (κ2) is 8.14. The van der Waals surface area contributed by atoms with E-state index in [1.54, 1.807) is 65.8 Å². The molecule has 2 rings (SSSR count). The topological polar surface area (TPSA) is 81.6 Å². The van der Waals surface area contributed by atoms with Crippen molar-refractivity contribution in [2.75, 3.05) is 4.90 Å². The third-order valence-electron chi connectivity index (χ3n) is 3.18. The molecule has 2 aromatic rings. The molecule has 0 saturated heterocycles. The van der Waals surface area contributed by atoms with E-state index in [-0.39, 0.29) is 11.0 Å². The van der Waals surface area contributed by atoms with Crippen LogP contribution in [0.2, 0.25) is 5.28 Å². The van der Waals surface area contributed by atoms with Gasteiger partial charge in [0.2, 0.25) is 5.28 Å². The number of benzene rings is 1. The van der Waals surface area contributed by atoms with Crippen LogP contribution >= 0.6 is 11.6 Å². The third kappa shape index (κ3) is 5.92. The van der Waals surface area contributed by atoms with Gasteiger partial charge in [-0.15, -0.1) is 0 Å². The lowest BCUT2D eigenvalue weighted by atomic mass is 10.1. The van der Waals surface area contributed by atoms with Crippen molar-refractivity contribution >= 4 is 29.5 Å². The lowest BCUT2D eigenvalue weighted by molar-refractivity contribution is 0.0430. The van der Waals surface area contributed by atoms with Crippen LogP contribution in [-0.4, -0.2) is 33.4 Å². The maximum Gasteiger partial charge on any atom is 0.424 e. The second-order valence-electron chi connectivity index (χ2n) is 8.04. The highest BCUT2D eigenvalue weighted by atomic mass is 35.5. The van der Waals surface area contributed by atoms with E-state index in [2.05, 4.69) is 9.97 Å². The van der Waals surface area contributed by atoms with Crippen LogP contribution in [0.5, 0.6) is 0 Å². The smallest absolute Gasteiger partial charge is 0.424 e. The summed E-state index contributed by atoms with van der Waals surface area (Å²) in [6.45, 7) is 10.2. The van der Waals surface area contributed by atoms with Gasteiger partial charge in [-0.05, 0) is 53.1 Å². The van der Waals surface area contributed by atoms with Crippen LogP contribution in [0.1, 0.15) is 41.5 Å². The number of amides is 2.